The monoisotopic (exact) mass is 366 g/mol. The zero-order valence-electron chi connectivity index (χ0n) is 14.6. The van der Waals surface area contributed by atoms with E-state index in [-0.39, 0.29) is 30.3 Å². The van der Waals surface area contributed by atoms with Gasteiger partial charge in [-0.1, -0.05) is 18.2 Å². The third kappa shape index (κ3) is 4.75. The number of hydrogen-bond donors (Lipinski definition) is 1. The Morgan fingerprint density at radius 1 is 1.36 bits per heavy atom. The Kier molecular flexibility index (Phi) is 7.29. The Hall–Kier alpha value is -1.56. The number of likely N-dealkylation sites (tertiary alicyclic amines) is 1. The third-order valence-electron chi connectivity index (χ3n) is 4.70. The van der Waals surface area contributed by atoms with Crippen LogP contribution < -0.4 is 5.73 Å². The van der Waals surface area contributed by atoms with Crippen LogP contribution in [0.3, 0.4) is 0 Å². The van der Waals surface area contributed by atoms with Gasteiger partial charge in [-0.2, -0.15) is 0 Å². The molecule has 0 aliphatic carbocycles. The lowest BCUT2D eigenvalue weighted by molar-refractivity contribution is -0.135. The number of halogens is 1. The van der Waals surface area contributed by atoms with Crippen molar-refractivity contribution >= 4 is 29.3 Å². The van der Waals surface area contributed by atoms with E-state index in [1.165, 1.54) is 0 Å². The van der Waals surface area contributed by atoms with Crippen LogP contribution in [0.2, 0.25) is 0 Å². The first-order valence-electron chi connectivity index (χ1n) is 8.78. The first-order valence-corrected chi connectivity index (χ1v) is 8.78. The van der Waals surface area contributed by atoms with Gasteiger partial charge in [-0.3, -0.25) is 4.79 Å². The largest absolute Gasteiger partial charge is 0.460 e. The number of fused-ring (bicyclic) bond motifs is 1. The van der Waals surface area contributed by atoms with E-state index in [4.69, 9.17) is 14.9 Å². The predicted molar refractivity (Wildman–Crippen MR) is 101 cm³/mol. The molecule has 138 valence electrons. The molecule has 1 unspecified atom stereocenters. The highest BCUT2D eigenvalue weighted by atomic mass is 35.5. The second-order valence-electron chi connectivity index (χ2n) is 6.45. The van der Waals surface area contributed by atoms with Crippen LogP contribution in [0.15, 0.2) is 34.7 Å². The van der Waals surface area contributed by atoms with Gasteiger partial charge in [0.1, 0.15) is 11.3 Å². The number of piperidine rings is 1. The van der Waals surface area contributed by atoms with E-state index in [0.29, 0.717) is 13.2 Å². The van der Waals surface area contributed by atoms with Gasteiger partial charge >= 0.3 is 0 Å². The summed E-state index contributed by atoms with van der Waals surface area (Å²) in [4.78, 5) is 14.7. The number of furan rings is 1. The number of amides is 1. The number of hydrogen-bond acceptors (Lipinski definition) is 4. The highest BCUT2D eigenvalue weighted by molar-refractivity contribution is 5.86. The molecule has 0 saturated carbocycles. The van der Waals surface area contributed by atoms with E-state index in [1.54, 1.807) is 0 Å². The Balaban J connectivity index is 0.00000225. The molecule has 2 aromatic rings. The maximum Gasteiger partial charge on any atom is 0.233 e. The van der Waals surface area contributed by atoms with Crippen molar-refractivity contribution in [1.29, 1.82) is 0 Å². The Labute approximate surface area is 154 Å². The van der Waals surface area contributed by atoms with E-state index >= 15 is 0 Å². The van der Waals surface area contributed by atoms with Crippen molar-refractivity contribution in [3.8, 4) is 0 Å². The van der Waals surface area contributed by atoms with Crippen molar-refractivity contribution in [2.75, 3.05) is 26.2 Å². The molecule has 2 heterocycles. The van der Waals surface area contributed by atoms with Crippen LogP contribution in [0.25, 0.3) is 11.0 Å². The number of nitrogens with two attached hydrogens (primary N) is 1. The summed E-state index contributed by atoms with van der Waals surface area (Å²) in [6.45, 7) is 4.79. The number of ether oxygens (including phenoxy) is 1. The molecule has 0 bridgehead atoms. The molecule has 6 heteroatoms. The summed E-state index contributed by atoms with van der Waals surface area (Å²) in [6, 6.07) is 9.82. The molecule has 1 amide bonds. The first-order chi connectivity index (χ1) is 11.7. The molecule has 1 saturated heterocycles. The molecule has 1 aliphatic rings. The molecule has 0 spiro atoms. The van der Waals surface area contributed by atoms with Gasteiger partial charge in [0.25, 0.3) is 0 Å². The van der Waals surface area contributed by atoms with Crippen LogP contribution in [-0.4, -0.2) is 43.2 Å². The molecule has 1 aromatic carbocycles. The highest BCUT2D eigenvalue weighted by Crippen LogP contribution is 2.27. The molecule has 1 aromatic heterocycles. The molecule has 0 radical (unpaired) electrons. The fourth-order valence-electron chi connectivity index (χ4n) is 3.19. The molecule has 25 heavy (non-hydrogen) atoms. The summed E-state index contributed by atoms with van der Waals surface area (Å²) >= 11 is 0. The van der Waals surface area contributed by atoms with Crippen molar-refractivity contribution in [2.45, 2.75) is 38.2 Å². The molecular formula is C19H27ClN2O3. The smallest absolute Gasteiger partial charge is 0.233 e. The molecule has 5 nitrogen and oxygen atoms in total. The minimum Gasteiger partial charge on any atom is -0.460 e. The molecule has 3 rings (SSSR count). The van der Waals surface area contributed by atoms with Crippen LogP contribution in [0.5, 0.6) is 0 Å². The van der Waals surface area contributed by atoms with Crippen molar-refractivity contribution < 1.29 is 13.9 Å². The topological polar surface area (TPSA) is 68.7 Å². The quantitative estimate of drug-likeness (QED) is 0.796. The number of carbonyl (C=O) groups excluding carboxylic acids is 1. The van der Waals surface area contributed by atoms with E-state index in [1.807, 2.05) is 42.2 Å². The summed E-state index contributed by atoms with van der Waals surface area (Å²) in [6.07, 6.45) is 2.93. The van der Waals surface area contributed by atoms with E-state index in [0.717, 1.165) is 49.1 Å². The fraction of sp³-hybridized carbons (Fsp3) is 0.526. The van der Waals surface area contributed by atoms with Crippen molar-refractivity contribution in [3.63, 3.8) is 0 Å². The average molecular weight is 367 g/mol. The van der Waals surface area contributed by atoms with Gasteiger partial charge in [0.15, 0.2) is 0 Å². The van der Waals surface area contributed by atoms with Gasteiger partial charge < -0.3 is 19.8 Å². The minimum atomic E-state index is -0.257. The number of rotatable bonds is 6. The fourth-order valence-corrected chi connectivity index (χ4v) is 3.19. The second-order valence-corrected chi connectivity index (χ2v) is 6.45. The lowest BCUT2D eigenvalue weighted by Gasteiger charge is -2.33. The summed E-state index contributed by atoms with van der Waals surface area (Å²) in [7, 11) is 0. The summed E-state index contributed by atoms with van der Waals surface area (Å²) in [5.41, 5.74) is 6.31. The van der Waals surface area contributed by atoms with Gasteiger partial charge in [0, 0.05) is 25.1 Å². The van der Waals surface area contributed by atoms with Gasteiger partial charge in [-0.25, -0.2) is 0 Å². The number of benzene rings is 1. The van der Waals surface area contributed by atoms with Crippen molar-refractivity contribution in [3.05, 3.63) is 36.1 Å². The van der Waals surface area contributed by atoms with Crippen molar-refractivity contribution in [2.24, 2.45) is 5.73 Å². The average Bonchev–Trinajstić information content (AvgIpc) is 3.05. The molecule has 2 N–H and O–H groups in total. The molecule has 1 aliphatic heterocycles. The highest BCUT2D eigenvalue weighted by Gasteiger charge is 2.28. The Bertz CT molecular complexity index is 647. The lowest BCUT2D eigenvalue weighted by atomic mass is 10.0. The molecular weight excluding hydrogens is 340 g/mol. The van der Waals surface area contributed by atoms with E-state index in [9.17, 15) is 4.79 Å². The SMILES string of the molecule is CC(C(=O)N1CCC(OCCCN)CC1)c1cc2ccccc2o1.Cl. The van der Waals surface area contributed by atoms with E-state index < -0.39 is 0 Å². The Morgan fingerprint density at radius 2 is 2.08 bits per heavy atom. The zero-order chi connectivity index (χ0) is 16.9. The maximum atomic E-state index is 12.8. The van der Waals surface area contributed by atoms with Gasteiger partial charge in [0.05, 0.1) is 12.0 Å². The predicted octanol–water partition coefficient (Wildman–Crippen LogP) is 3.31. The van der Waals surface area contributed by atoms with Crippen LogP contribution in [0.1, 0.15) is 37.9 Å². The van der Waals surface area contributed by atoms with Gasteiger partial charge in [-0.05, 0) is 44.9 Å². The standard InChI is InChI=1S/C19H26N2O3.ClH/c1-14(18-13-15-5-2-3-6-17(15)24-18)19(22)21-10-7-16(8-11-21)23-12-4-9-20;/h2-3,5-6,13-14,16H,4,7-12,20H2,1H3;1H. The summed E-state index contributed by atoms with van der Waals surface area (Å²) in [5, 5.41) is 1.04. The molecule has 1 fully saturated rings. The summed E-state index contributed by atoms with van der Waals surface area (Å²) < 4.78 is 11.6. The van der Waals surface area contributed by atoms with Crippen molar-refractivity contribution in [1.82, 2.24) is 4.90 Å². The summed E-state index contributed by atoms with van der Waals surface area (Å²) in [5.74, 6) is 0.615. The molecule has 1 atom stereocenters. The lowest BCUT2D eigenvalue weighted by Crippen LogP contribution is -2.42. The van der Waals surface area contributed by atoms with Crippen LogP contribution in [0.4, 0.5) is 0 Å². The van der Waals surface area contributed by atoms with Crippen LogP contribution in [-0.2, 0) is 9.53 Å². The third-order valence-corrected chi connectivity index (χ3v) is 4.70. The Morgan fingerprint density at radius 3 is 2.76 bits per heavy atom. The first kappa shape index (κ1) is 19.8. The maximum absolute atomic E-state index is 12.8. The van der Waals surface area contributed by atoms with Crippen LogP contribution in [0, 0.1) is 0 Å². The number of carbonyl (C=O) groups is 1. The van der Waals surface area contributed by atoms with Crippen LogP contribution >= 0.6 is 12.4 Å². The normalized spacial score (nSPS) is 16.6. The minimum absolute atomic E-state index is 0. The number of nitrogens with zero attached hydrogens (tertiary/aromatic N) is 1. The van der Waals surface area contributed by atoms with Gasteiger partial charge in [0.2, 0.25) is 5.91 Å². The van der Waals surface area contributed by atoms with E-state index in [2.05, 4.69) is 0 Å². The van der Waals surface area contributed by atoms with Gasteiger partial charge in [-0.15, -0.1) is 12.4 Å². The second kappa shape index (κ2) is 9.22. The number of para-hydroxylation sites is 1. The zero-order valence-corrected chi connectivity index (χ0v) is 15.5.